The molecule has 0 atom stereocenters. The number of benzene rings is 1. The maximum atomic E-state index is 5.55. The zero-order valence-corrected chi connectivity index (χ0v) is 11.6. The number of piperazine rings is 1. The fourth-order valence-electron chi connectivity index (χ4n) is 2.76. The van der Waals surface area contributed by atoms with Crippen molar-refractivity contribution in [2.45, 2.75) is 6.54 Å². The summed E-state index contributed by atoms with van der Waals surface area (Å²) in [7, 11) is 3.84. The number of hydrogen-bond donors (Lipinski definition) is 1. The summed E-state index contributed by atoms with van der Waals surface area (Å²) in [6.07, 6.45) is 2.10. The van der Waals surface area contributed by atoms with E-state index in [4.69, 9.17) is 4.74 Å². The van der Waals surface area contributed by atoms with Crippen LogP contribution in [0.5, 0.6) is 5.75 Å². The summed E-state index contributed by atoms with van der Waals surface area (Å²) < 4.78 is 7.72. The molecule has 0 radical (unpaired) electrons. The molecule has 0 unspecified atom stereocenters. The van der Waals surface area contributed by atoms with Gasteiger partial charge in [-0.05, 0) is 18.2 Å². The monoisotopic (exact) mass is 259 g/mol. The molecule has 2 heterocycles. The Morgan fingerprint density at radius 1 is 1.26 bits per heavy atom. The number of nitrogens with one attached hydrogen (secondary N) is 1. The van der Waals surface area contributed by atoms with Gasteiger partial charge in [0.05, 0.1) is 7.11 Å². The second-order valence-corrected chi connectivity index (χ2v) is 5.18. The normalized spacial score (nSPS) is 16.9. The number of nitrogens with zero attached hydrogens (tertiary/aromatic N) is 2. The van der Waals surface area contributed by atoms with Gasteiger partial charge in [0.15, 0.2) is 0 Å². The number of aryl methyl sites for hydroxylation is 1. The Morgan fingerprint density at radius 3 is 2.79 bits per heavy atom. The SMILES string of the molecule is COc1cc2ccn(C)c2cc1CN1CCNCC1. The molecule has 102 valence electrons. The molecule has 19 heavy (non-hydrogen) atoms. The van der Waals surface area contributed by atoms with Gasteiger partial charge in [-0.2, -0.15) is 0 Å². The third-order valence-corrected chi connectivity index (χ3v) is 3.89. The highest BCUT2D eigenvalue weighted by molar-refractivity contribution is 5.82. The molecule has 1 aromatic carbocycles. The summed E-state index contributed by atoms with van der Waals surface area (Å²) in [6.45, 7) is 5.33. The highest BCUT2D eigenvalue weighted by Gasteiger charge is 2.14. The van der Waals surface area contributed by atoms with E-state index in [9.17, 15) is 0 Å². The lowest BCUT2D eigenvalue weighted by Gasteiger charge is -2.27. The molecular weight excluding hydrogens is 238 g/mol. The first-order valence-electron chi connectivity index (χ1n) is 6.83. The average Bonchev–Trinajstić information content (AvgIpc) is 2.80. The van der Waals surface area contributed by atoms with E-state index < -0.39 is 0 Å². The average molecular weight is 259 g/mol. The van der Waals surface area contributed by atoms with Crippen molar-refractivity contribution in [3.05, 3.63) is 30.0 Å². The molecule has 0 bridgehead atoms. The van der Waals surface area contributed by atoms with Crippen molar-refractivity contribution in [3.8, 4) is 5.75 Å². The van der Waals surface area contributed by atoms with Crippen LogP contribution < -0.4 is 10.1 Å². The van der Waals surface area contributed by atoms with Crippen LogP contribution >= 0.6 is 0 Å². The Balaban J connectivity index is 1.93. The van der Waals surface area contributed by atoms with Gasteiger partial charge in [-0.1, -0.05) is 0 Å². The van der Waals surface area contributed by atoms with Gasteiger partial charge in [0.1, 0.15) is 5.75 Å². The third kappa shape index (κ3) is 2.46. The van der Waals surface area contributed by atoms with Crippen molar-refractivity contribution < 1.29 is 4.74 Å². The Labute approximate surface area is 114 Å². The fourth-order valence-corrected chi connectivity index (χ4v) is 2.76. The number of hydrogen-bond acceptors (Lipinski definition) is 3. The zero-order chi connectivity index (χ0) is 13.2. The number of fused-ring (bicyclic) bond motifs is 1. The molecule has 0 aliphatic carbocycles. The van der Waals surface area contributed by atoms with Gasteiger partial charge in [-0.3, -0.25) is 4.90 Å². The van der Waals surface area contributed by atoms with Crippen LogP contribution in [-0.2, 0) is 13.6 Å². The molecule has 3 rings (SSSR count). The van der Waals surface area contributed by atoms with Gasteiger partial charge in [-0.25, -0.2) is 0 Å². The van der Waals surface area contributed by atoms with Gasteiger partial charge >= 0.3 is 0 Å². The molecule has 1 aromatic heterocycles. The quantitative estimate of drug-likeness (QED) is 0.908. The summed E-state index contributed by atoms with van der Waals surface area (Å²) in [6, 6.07) is 6.54. The minimum absolute atomic E-state index is 0.964. The number of rotatable bonds is 3. The van der Waals surface area contributed by atoms with E-state index in [0.29, 0.717) is 0 Å². The number of aromatic nitrogens is 1. The molecule has 1 fully saturated rings. The van der Waals surface area contributed by atoms with Crippen LogP contribution in [0.3, 0.4) is 0 Å². The Bertz CT molecular complexity index is 570. The maximum absolute atomic E-state index is 5.55. The summed E-state index contributed by atoms with van der Waals surface area (Å²) in [5.41, 5.74) is 2.55. The largest absolute Gasteiger partial charge is 0.496 e. The van der Waals surface area contributed by atoms with E-state index in [1.807, 2.05) is 0 Å². The lowest BCUT2D eigenvalue weighted by molar-refractivity contribution is 0.230. The standard InChI is InChI=1S/C15H21N3O/c1-17-6-3-12-10-15(19-2)13(9-14(12)17)11-18-7-4-16-5-8-18/h3,6,9-10,16H,4-5,7-8,11H2,1-2H3. The number of ether oxygens (including phenoxy) is 1. The summed E-state index contributed by atoms with van der Waals surface area (Å²) in [5.74, 6) is 0.997. The Morgan fingerprint density at radius 2 is 2.05 bits per heavy atom. The van der Waals surface area contributed by atoms with Crippen molar-refractivity contribution in [2.24, 2.45) is 7.05 Å². The summed E-state index contributed by atoms with van der Waals surface area (Å²) >= 11 is 0. The van der Waals surface area contributed by atoms with E-state index in [1.54, 1.807) is 7.11 Å². The number of methoxy groups -OCH3 is 1. The highest BCUT2D eigenvalue weighted by atomic mass is 16.5. The zero-order valence-electron chi connectivity index (χ0n) is 11.6. The first-order valence-corrected chi connectivity index (χ1v) is 6.83. The van der Waals surface area contributed by atoms with Crippen molar-refractivity contribution in [3.63, 3.8) is 0 Å². The molecule has 1 aliphatic rings. The fraction of sp³-hybridized carbons (Fsp3) is 0.467. The van der Waals surface area contributed by atoms with E-state index >= 15 is 0 Å². The van der Waals surface area contributed by atoms with Crippen LogP contribution in [0.2, 0.25) is 0 Å². The first-order chi connectivity index (χ1) is 9.28. The second kappa shape index (κ2) is 5.23. The highest BCUT2D eigenvalue weighted by Crippen LogP contribution is 2.27. The molecule has 0 spiro atoms. The lowest BCUT2D eigenvalue weighted by Crippen LogP contribution is -2.42. The van der Waals surface area contributed by atoms with Crippen LogP contribution in [0.15, 0.2) is 24.4 Å². The molecular formula is C15H21N3O. The summed E-state index contributed by atoms with van der Waals surface area (Å²) in [5, 5.41) is 4.63. The predicted molar refractivity (Wildman–Crippen MR) is 77.6 cm³/mol. The Kier molecular flexibility index (Phi) is 3.44. The van der Waals surface area contributed by atoms with Gasteiger partial charge < -0.3 is 14.6 Å². The summed E-state index contributed by atoms with van der Waals surface area (Å²) in [4.78, 5) is 2.48. The van der Waals surface area contributed by atoms with Gasteiger partial charge in [0.25, 0.3) is 0 Å². The van der Waals surface area contributed by atoms with Crippen molar-refractivity contribution in [1.29, 1.82) is 0 Å². The first kappa shape index (κ1) is 12.5. The van der Waals surface area contributed by atoms with Crippen molar-refractivity contribution in [1.82, 2.24) is 14.8 Å². The molecule has 0 amide bonds. The lowest BCUT2D eigenvalue weighted by atomic mass is 10.1. The second-order valence-electron chi connectivity index (χ2n) is 5.18. The van der Waals surface area contributed by atoms with E-state index in [-0.39, 0.29) is 0 Å². The molecule has 1 aliphatic heterocycles. The van der Waals surface area contributed by atoms with Crippen LogP contribution in [-0.4, -0.2) is 42.8 Å². The minimum atomic E-state index is 0.964. The molecule has 4 heteroatoms. The molecule has 1 N–H and O–H groups in total. The van der Waals surface area contributed by atoms with Crippen LogP contribution in [0.4, 0.5) is 0 Å². The smallest absolute Gasteiger partial charge is 0.124 e. The van der Waals surface area contributed by atoms with E-state index in [2.05, 4.69) is 46.2 Å². The molecule has 0 saturated carbocycles. The Hall–Kier alpha value is -1.52. The van der Waals surface area contributed by atoms with Gasteiger partial charge in [0, 0.05) is 62.4 Å². The van der Waals surface area contributed by atoms with E-state index in [1.165, 1.54) is 16.5 Å². The van der Waals surface area contributed by atoms with Crippen LogP contribution in [0.1, 0.15) is 5.56 Å². The third-order valence-electron chi connectivity index (χ3n) is 3.89. The maximum Gasteiger partial charge on any atom is 0.124 e. The molecule has 4 nitrogen and oxygen atoms in total. The molecule has 1 saturated heterocycles. The predicted octanol–water partition coefficient (Wildman–Crippen LogP) is 1.59. The molecule has 2 aromatic rings. The topological polar surface area (TPSA) is 29.4 Å². The minimum Gasteiger partial charge on any atom is -0.496 e. The van der Waals surface area contributed by atoms with Gasteiger partial charge in [0.2, 0.25) is 0 Å². The van der Waals surface area contributed by atoms with Gasteiger partial charge in [-0.15, -0.1) is 0 Å². The van der Waals surface area contributed by atoms with Crippen LogP contribution in [0.25, 0.3) is 10.9 Å². The van der Waals surface area contributed by atoms with Crippen molar-refractivity contribution >= 4 is 10.9 Å². The van der Waals surface area contributed by atoms with E-state index in [0.717, 1.165) is 38.5 Å². The van der Waals surface area contributed by atoms with Crippen LogP contribution in [0, 0.1) is 0 Å². The van der Waals surface area contributed by atoms with Crippen molar-refractivity contribution in [2.75, 3.05) is 33.3 Å².